The summed E-state index contributed by atoms with van der Waals surface area (Å²) in [5.41, 5.74) is 1.31. The van der Waals surface area contributed by atoms with Crippen LogP contribution in [0.15, 0.2) is 30.3 Å². The minimum atomic E-state index is -0.480. The normalized spacial score (nSPS) is 15.0. The third-order valence-electron chi connectivity index (χ3n) is 4.20. The minimum absolute atomic E-state index is 0.0403. The lowest BCUT2D eigenvalue weighted by atomic mass is 9.95. The van der Waals surface area contributed by atoms with Crippen molar-refractivity contribution in [1.29, 1.82) is 0 Å². The van der Waals surface area contributed by atoms with Crippen molar-refractivity contribution < 1.29 is 14.3 Å². The molecule has 1 amide bonds. The number of nitrogens with one attached hydrogen (secondary N) is 1. The third kappa shape index (κ3) is 3.19. The van der Waals surface area contributed by atoms with Crippen LogP contribution in [0.4, 0.5) is 5.00 Å². The van der Waals surface area contributed by atoms with E-state index in [1.165, 1.54) is 11.3 Å². The van der Waals surface area contributed by atoms with E-state index in [1.54, 1.807) is 19.1 Å². The maximum Gasteiger partial charge on any atom is 0.348 e. The number of rotatable bonds is 5. The molecule has 1 N–H and O–H groups in total. The van der Waals surface area contributed by atoms with E-state index >= 15 is 0 Å². The van der Waals surface area contributed by atoms with Gasteiger partial charge >= 0.3 is 5.97 Å². The largest absolute Gasteiger partial charge is 0.462 e. The molecule has 1 aliphatic rings. The van der Waals surface area contributed by atoms with Gasteiger partial charge in [-0.2, -0.15) is 0 Å². The third-order valence-corrected chi connectivity index (χ3v) is 5.58. The zero-order valence-electron chi connectivity index (χ0n) is 13.5. The molecule has 1 aromatic heterocycles. The highest BCUT2D eigenvalue weighted by Gasteiger charge is 2.51. The molecule has 0 aliphatic heterocycles. The van der Waals surface area contributed by atoms with Gasteiger partial charge in [0.15, 0.2) is 0 Å². The van der Waals surface area contributed by atoms with Gasteiger partial charge < -0.3 is 10.1 Å². The number of hydrogen-bond donors (Lipinski definition) is 1. The summed E-state index contributed by atoms with van der Waals surface area (Å²) >= 11 is 7.17. The van der Waals surface area contributed by atoms with E-state index in [2.05, 4.69) is 5.32 Å². The zero-order chi connectivity index (χ0) is 17.3. The molecule has 126 valence electrons. The second-order valence-corrected chi connectivity index (χ2v) is 7.38. The van der Waals surface area contributed by atoms with Gasteiger partial charge in [0.1, 0.15) is 4.88 Å². The standard InChI is InChI=1S/C18H18ClNO3S/c1-3-23-16(21)15-11(2)10-14(24-15)20-17(22)18(8-9-18)12-4-6-13(19)7-5-12/h4-7,10H,3,8-9H2,1-2H3,(H,20,22). The lowest BCUT2D eigenvalue weighted by Gasteiger charge is -2.15. The molecule has 6 heteroatoms. The predicted octanol–water partition coefficient (Wildman–Crippen LogP) is 4.56. The average molecular weight is 364 g/mol. The van der Waals surface area contributed by atoms with Crippen LogP contribution >= 0.6 is 22.9 Å². The molecule has 0 bridgehead atoms. The van der Waals surface area contributed by atoms with Crippen LogP contribution in [0.2, 0.25) is 5.02 Å². The van der Waals surface area contributed by atoms with E-state index in [9.17, 15) is 9.59 Å². The van der Waals surface area contributed by atoms with Crippen molar-refractivity contribution >= 4 is 39.8 Å². The Bertz CT molecular complexity index is 778. The first-order chi connectivity index (χ1) is 11.5. The van der Waals surface area contributed by atoms with Crippen LogP contribution in [0, 0.1) is 6.92 Å². The first-order valence-electron chi connectivity index (χ1n) is 7.81. The van der Waals surface area contributed by atoms with Gasteiger partial charge in [0.05, 0.1) is 17.0 Å². The zero-order valence-corrected chi connectivity index (χ0v) is 15.1. The summed E-state index contributed by atoms with van der Waals surface area (Å²) in [5.74, 6) is -0.388. The van der Waals surface area contributed by atoms with E-state index < -0.39 is 5.41 Å². The number of benzene rings is 1. The van der Waals surface area contributed by atoms with Crippen molar-refractivity contribution in [2.24, 2.45) is 0 Å². The Balaban J connectivity index is 1.77. The van der Waals surface area contributed by atoms with Crippen LogP contribution in [-0.4, -0.2) is 18.5 Å². The highest BCUT2D eigenvalue weighted by molar-refractivity contribution is 7.18. The molecule has 1 aliphatic carbocycles. The summed E-state index contributed by atoms with van der Waals surface area (Å²) in [6, 6.07) is 9.22. The lowest BCUT2D eigenvalue weighted by molar-refractivity contribution is -0.118. The van der Waals surface area contributed by atoms with Crippen molar-refractivity contribution in [3.63, 3.8) is 0 Å². The van der Waals surface area contributed by atoms with Gasteiger partial charge in [-0.05, 0) is 56.0 Å². The molecule has 3 rings (SSSR count). The molecule has 1 fully saturated rings. The van der Waals surface area contributed by atoms with Gasteiger partial charge in [-0.1, -0.05) is 23.7 Å². The molecule has 1 aromatic carbocycles. The van der Waals surface area contributed by atoms with E-state index in [-0.39, 0.29) is 11.9 Å². The minimum Gasteiger partial charge on any atom is -0.462 e. The Hall–Kier alpha value is -1.85. The number of carbonyl (C=O) groups is 2. The fourth-order valence-corrected chi connectivity index (χ4v) is 3.80. The molecule has 0 radical (unpaired) electrons. The van der Waals surface area contributed by atoms with E-state index in [0.717, 1.165) is 24.0 Å². The number of aryl methyl sites for hydroxylation is 1. The topological polar surface area (TPSA) is 55.4 Å². The maximum absolute atomic E-state index is 12.7. The van der Waals surface area contributed by atoms with Gasteiger partial charge in [0.25, 0.3) is 0 Å². The SMILES string of the molecule is CCOC(=O)c1sc(NC(=O)C2(c3ccc(Cl)cc3)CC2)cc1C. The van der Waals surface area contributed by atoms with Crippen molar-refractivity contribution in [2.45, 2.75) is 32.1 Å². The number of thiophene rings is 1. The summed E-state index contributed by atoms with van der Waals surface area (Å²) in [5, 5.41) is 4.28. The van der Waals surface area contributed by atoms with Crippen molar-refractivity contribution in [1.82, 2.24) is 0 Å². The highest BCUT2D eigenvalue weighted by Crippen LogP contribution is 2.49. The average Bonchev–Trinajstić information content (AvgIpc) is 3.27. The summed E-state index contributed by atoms with van der Waals surface area (Å²) in [7, 11) is 0. The van der Waals surface area contributed by atoms with Crippen LogP contribution in [0.25, 0.3) is 0 Å². The number of esters is 1. The predicted molar refractivity (Wildman–Crippen MR) is 96.0 cm³/mol. The number of amides is 1. The lowest BCUT2D eigenvalue weighted by Crippen LogP contribution is -2.27. The molecule has 24 heavy (non-hydrogen) atoms. The number of anilines is 1. The van der Waals surface area contributed by atoms with Crippen LogP contribution in [0.5, 0.6) is 0 Å². The molecular formula is C18H18ClNO3S. The van der Waals surface area contributed by atoms with Gasteiger partial charge in [-0.25, -0.2) is 4.79 Å². The molecule has 0 unspecified atom stereocenters. The van der Waals surface area contributed by atoms with E-state index in [1.807, 2.05) is 25.1 Å². The quantitative estimate of drug-likeness (QED) is 0.792. The number of ether oxygens (including phenoxy) is 1. The Labute approximate surface area is 149 Å². The Morgan fingerprint density at radius 2 is 1.96 bits per heavy atom. The molecule has 2 aromatic rings. The van der Waals surface area contributed by atoms with E-state index in [4.69, 9.17) is 16.3 Å². The van der Waals surface area contributed by atoms with Crippen LogP contribution in [-0.2, 0) is 14.9 Å². The summed E-state index contributed by atoms with van der Waals surface area (Å²) in [6.07, 6.45) is 1.63. The summed E-state index contributed by atoms with van der Waals surface area (Å²) in [4.78, 5) is 25.2. The number of halogens is 1. The first-order valence-corrected chi connectivity index (χ1v) is 9.01. The van der Waals surface area contributed by atoms with Crippen molar-refractivity contribution in [3.8, 4) is 0 Å². The first kappa shape index (κ1) is 17.0. The van der Waals surface area contributed by atoms with Gasteiger partial charge in [-0.3, -0.25) is 4.79 Å². The van der Waals surface area contributed by atoms with Gasteiger partial charge in [0, 0.05) is 5.02 Å². The fraction of sp³-hybridized carbons (Fsp3) is 0.333. The smallest absolute Gasteiger partial charge is 0.348 e. The fourth-order valence-electron chi connectivity index (χ4n) is 2.72. The highest BCUT2D eigenvalue weighted by atomic mass is 35.5. The number of hydrogen-bond acceptors (Lipinski definition) is 4. The monoisotopic (exact) mass is 363 g/mol. The van der Waals surface area contributed by atoms with Crippen LogP contribution in [0.3, 0.4) is 0 Å². The molecular weight excluding hydrogens is 346 g/mol. The summed E-state index contributed by atoms with van der Waals surface area (Å²) in [6.45, 7) is 3.94. The second-order valence-electron chi connectivity index (χ2n) is 5.89. The Morgan fingerprint density at radius 1 is 1.29 bits per heavy atom. The second kappa shape index (κ2) is 6.57. The molecule has 1 saturated carbocycles. The van der Waals surface area contributed by atoms with Gasteiger partial charge in [-0.15, -0.1) is 11.3 Å². The van der Waals surface area contributed by atoms with Crippen LogP contribution < -0.4 is 5.32 Å². The van der Waals surface area contributed by atoms with Gasteiger partial charge in [0.2, 0.25) is 5.91 Å². The Kier molecular flexibility index (Phi) is 4.65. The van der Waals surface area contributed by atoms with Crippen molar-refractivity contribution in [2.75, 3.05) is 11.9 Å². The molecule has 0 spiro atoms. The number of carbonyl (C=O) groups excluding carboxylic acids is 2. The van der Waals surface area contributed by atoms with E-state index in [0.29, 0.717) is 21.5 Å². The molecule has 1 heterocycles. The summed E-state index contributed by atoms with van der Waals surface area (Å²) < 4.78 is 5.03. The maximum atomic E-state index is 12.7. The molecule has 0 atom stereocenters. The Morgan fingerprint density at radius 3 is 2.54 bits per heavy atom. The van der Waals surface area contributed by atoms with Crippen molar-refractivity contribution in [3.05, 3.63) is 51.4 Å². The van der Waals surface area contributed by atoms with Crippen LogP contribution in [0.1, 0.15) is 40.6 Å². The molecule has 0 saturated heterocycles. The molecule has 4 nitrogen and oxygen atoms in total.